The van der Waals surface area contributed by atoms with Gasteiger partial charge in [0.05, 0.1) is 11.4 Å². The second kappa shape index (κ2) is 6.54. The minimum Gasteiger partial charge on any atom is -0.379 e. The maximum Gasteiger partial charge on any atom is 0.381 e. The number of nitrogens with one attached hydrogen (secondary N) is 1. The molecule has 1 aliphatic rings. The molecule has 1 aromatic carbocycles. The third-order valence-corrected chi connectivity index (χ3v) is 4.48. The normalized spacial score (nSPS) is 16.5. The largest absolute Gasteiger partial charge is 0.381 e. The average molecular weight is 343 g/mol. The number of para-hydroxylation sites is 2. The highest BCUT2D eigenvalue weighted by Gasteiger charge is 2.30. The fourth-order valence-electron chi connectivity index (χ4n) is 2.96. The molecule has 0 saturated heterocycles. The SMILES string of the molecule is Cc1nc([N+](=O)[O-])cn1CC(=O)N1C[C@@H](C(C)C)Nc2ccccc21. The van der Waals surface area contributed by atoms with Crippen molar-refractivity contribution in [3.63, 3.8) is 0 Å². The maximum atomic E-state index is 12.9. The Morgan fingerprint density at radius 1 is 1.44 bits per heavy atom. The van der Waals surface area contributed by atoms with Gasteiger partial charge in [-0.2, -0.15) is 0 Å². The Morgan fingerprint density at radius 2 is 2.16 bits per heavy atom. The Kier molecular flexibility index (Phi) is 4.43. The Labute approximate surface area is 145 Å². The van der Waals surface area contributed by atoms with Crippen LogP contribution in [0.2, 0.25) is 0 Å². The van der Waals surface area contributed by atoms with E-state index >= 15 is 0 Å². The molecule has 0 radical (unpaired) electrons. The van der Waals surface area contributed by atoms with E-state index in [0.717, 1.165) is 11.4 Å². The lowest BCUT2D eigenvalue weighted by molar-refractivity contribution is -0.389. The Bertz CT molecular complexity index is 814. The van der Waals surface area contributed by atoms with Crippen LogP contribution in [-0.2, 0) is 11.3 Å². The summed E-state index contributed by atoms with van der Waals surface area (Å²) >= 11 is 0. The predicted molar refractivity (Wildman–Crippen MR) is 94.7 cm³/mol. The fourth-order valence-corrected chi connectivity index (χ4v) is 2.96. The molecule has 2 heterocycles. The Hall–Kier alpha value is -2.90. The van der Waals surface area contributed by atoms with Gasteiger partial charge in [-0.15, -0.1) is 0 Å². The van der Waals surface area contributed by atoms with E-state index in [4.69, 9.17) is 0 Å². The number of imidazole rings is 1. The fraction of sp³-hybridized carbons (Fsp3) is 0.412. The third kappa shape index (κ3) is 3.33. The van der Waals surface area contributed by atoms with Gasteiger partial charge in [0.2, 0.25) is 11.7 Å². The van der Waals surface area contributed by atoms with Crippen LogP contribution < -0.4 is 10.2 Å². The Balaban J connectivity index is 1.87. The van der Waals surface area contributed by atoms with Gasteiger partial charge in [0.1, 0.15) is 12.7 Å². The van der Waals surface area contributed by atoms with Crippen LogP contribution in [0.4, 0.5) is 17.2 Å². The summed E-state index contributed by atoms with van der Waals surface area (Å²) in [5.74, 6) is 0.449. The summed E-state index contributed by atoms with van der Waals surface area (Å²) in [5, 5.41) is 14.3. The molecule has 3 rings (SSSR count). The van der Waals surface area contributed by atoms with Crippen LogP contribution in [0.1, 0.15) is 19.7 Å². The van der Waals surface area contributed by atoms with Gasteiger partial charge >= 0.3 is 5.82 Å². The van der Waals surface area contributed by atoms with Crippen LogP contribution in [0.5, 0.6) is 0 Å². The molecule has 0 spiro atoms. The van der Waals surface area contributed by atoms with Crippen LogP contribution in [-0.4, -0.2) is 33.0 Å². The zero-order valence-electron chi connectivity index (χ0n) is 14.5. The first-order valence-corrected chi connectivity index (χ1v) is 8.21. The number of carbonyl (C=O) groups excluding carboxylic acids is 1. The highest BCUT2D eigenvalue weighted by atomic mass is 16.6. The first kappa shape index (κ1) is 16.9. The maximum absolute atomic E-state index is 12.9. The molecule has 0 unspecified atom stereocenters. The summed E-state index contributed by atoms with van der Waals surface area (Å²) in [5.41, 5.74) is 1.76. The number of nitro groups is 1. The van der Waals surface area contributed by atoms with Gasteiger partial charge in [-0.05, 0) is 28.0 Å². The summed E-state index contributed by atoms with van der Waals surface area (Å²) in [6.45, 7) is 6.45. The van der Waals surface area contributed by atoms with Crippen molar-refractivity contribution in [3.05, 3.63) is 46.4 Å². The van der Waals surface area contributed by atoms with E-state index in [1.54, 1.807) is 11.8 Å². The number of fused-ring (bicyclic) bond motifs is 1. The number of hydrogen-bond acceptors (Lipinski definition) is 5. The molecule has 1 aromatic heterocycles. The summed E-state index contributed by atoms with van der Waals surface area (Å²) in [4.78, 5) is 28.8. The lowest BCUT2D eigenvalue weighted by Gasteiger charge is -2.37. The molecule has 8 heteroatoms. The van der Waals surface area contributed by atoms with Gasteiger partial charge in [-0.3, -0.25) is 9.36 Å². The minimum atomic E-state index is -0.553. The average Bonchev–Trinajstić information content (AvgIpc) is 2.94. The van der Waals surface area contributed by atoms with Crippen molar-refractivity contribution >= 4 is 23.1 Å². The van der Waals surface area contributed by atoms with E-state index in [9.17, 15) is 14.9 Å². The smallest absolute Gasteiger partial charge is 0.379 e. The van der Waals surface area contributed by atoms with Gasteiger partial charge in [-0.1, -0.05) is 26.0 Å². The standard InChI is InChI=1S/C17H21N5O3/c1-11(2)14-8-21(15-7-5-4-6-13(15)19-14)17(23)10-20-9-16(22(24)25)18-12(20)3/h4-7,9,11,14,19H,8,10H2,1-3H3/t14-/m0/s1. The molecule has 0 saturated carbocycles. The van der Waals surface area contributed by atoms with E-state index in [-0.39, 0.29) is 24.3 Å². The molecule has 0 bridgehead atoms. The van der Waals surface area contributed by atoms with E-state index in [2.05, 4.69) is 24.1 Å². The van der Waals surface area contributed by atoms with Crippen LogP contribution in [0, 0.1) is 23.0 Å². The van der Waals surface area contributed by atoms with Crippen molar-refractivity contribution in [1.82, 2.24) is 9.55 Å². The lowest BCUT2D eigenvalue weighted by atomic mass is 10.00. The monoisotopic (exact) mass is 343 g/mol. The molecular weight excluding hydrogens is 322 g/mol. The number of aryl methyl sites for hydroxylation is 1. The quantitative estimate of drug-likeness (QED) is 0.680. The number of amides is 1. The second-order valence-corrected chi connectivity index (χ2v) is 6.55. The molecule has 2 aromatic rings. The van der Waals surface area contributed by atoms with Crippen molar-refractivity contribution in [2.75, 3.05) is 16.8 Å². The summed E-state index contributed by atoms with van der Waals surface area (Å²) in [6.07, 6.45) is 1.31. The molecule has 25 heavy (non-hydrogen) atoms. The lowest BCUT2D eigenvalue weighted by Crippen LogP contribution is -2.48. The highest BCUT2D eigenvalue weighted by Crippen LogP contribution is 2.32. The molecule has 1 atom stereocenters. The number of carbonyl (C=O) groups is 1. The van der Waals surface area contributed by atoms with Gasteiger partial charge in [-0.25, -0.2) is 0 Å². The second-order valence-electron chi connectivity index (χ2n) is 6.55. The Morgan fingerprint density at radius 3 is 2.80 bits per heavy atom. The van der Waals surface area contributed by atoms with Gasteiger partial charge in [0, 0.05) is 19.5 Å². The van der Waals surface area contributed by atoms with E-state index in [1.165, 1.54) is 10.8 Å². The van der Waals surface area contributed by atoms with E-state index < -0.39 is 4.92 Å². The van der Waals surface area contributed by atoms with Crippen molar-refractivity contribution < 1.29 is 9.72 Å². The molecule has 8 nitrogen and oxygen atoms in total. The number of nitrogens with zero attached hydrogens (tertiary/aromatic N) is 4. The molecule has 0 fully saturated rings. The van der Waals surface area contributed by atoms with Crippen LogP contribution in [0.3, 0.4) is 0 Å². The van der Waals surface area contributed by atoms with E-state index in [0.29, 0.717) is 18.3 Å². The zero-order valence-corrected chi connectivity index (χ0v) is 14.5. The van der Waals surface area contributed by atoms with Crippen molar-refractivity contribution in [2.24, 2.45) is 5.92 Å². The number of anilines is 2. The summed E-state index contributed by atoms with van der Waals surface area (Å²) in [6, 6.07) is 7.83. The highest BCUT2D eigenvalue weighted by molar-refractivity contribution is 5.97. The number of hydrogen-bond donors (Lipinski definition) is 1. The number of rotatable bonds is 4. The first-order chi connectivity index (χ1) is 11.9. The minimum absolute atomic E-state index is 0.0197. The van der Waals surface area contributed by atoms with Crippen LogP contribution >= 0.6 is 0 Å². The summed E-state index contributed by atoms with van der Waals surface area (Å²) in [7, 11) is 0. The van der Waals surface area contributed by atoms with Crippen molar-refractivity contribution in [2.45, 2.75) is 33.4 Å². The van der Waals surface area contributed by atoms with Gasteiger partial charge < -0.3 is 20.3 Å². The third-order valence-electron chi connectivity index (χ3n) is 4.48. The van der Waals surface area contributed by atoms with Crippen LogP contribution in [0.15, 0.2) is 30.5 Å². The summed E-state index contributed by atoms with van der Waals surface area (Å²) < 4.78 is 1.52. The predicted octanol–water partition coefficient (Wildman–Crippen LogP) is 2.58. The van der Waals surface area contributed by atoms with Gasteiger partial charge in [0.25, 0.3) is 0 Å². The van der Waals surface area contributed by atoms with Crippen molar-refractivity contribution in [1.29, 1.82) is 0 Å². The van der Waals surface area contributed by atoms with Gasteiger partial charge in [0.15, 0.2) is 0 Å². The number of aromatic nitrogens is 2. The molecule has 132 valence electrons. The molecule has 1 amide bonds. The molecule has 1 aliphatic heterocycles. The van der Waals surface area contributed by atoms with Crippen LogP contribution in [0.25, 0.3) is 0 Å². The topological polar surface area (TPSA) is 93.3 Å². The van der Waals surface area contributed by atoms with E-state index in [1.807, 2.05) is 24.3 Å². The van der Waals surface area contributed by atoms with Crippen molar-refractivity contribution in [3.8, 4) is 0 Å². The molecule has 1 N–H and O–H groups in total. The number of benzene rings is 1. The first-order valence-electron chi connectivity index (χ1n) is 8.21. The molecular formula is C17H21N5O3. The molecule has 0 aliphatic carbocycles. The zero-order chi connectivity index (χ0) is 18.1.